The number of thiophene rings is 1. The molecule has 6 rings (SSSR count). The number of carboxylic acids is 1. The zero-order chi connectivity index (χ0) is 32.1. The van der Waals surface area contributed by atoms with Crippen LogP contribution in [-0.4, -0.2) is 59.0 Å². The molecule has 45 heavy (non-hydrogen) atoms. The fourth-order valence-corrected chi connectivity index (χ4v) is 6.96. The Morgan fingerprint density at radius 3 is 2.22 bits per heavy atom. The molecule has 0 spiro atoms. The minimum atomic E-state index is -4.27. The number of carboxylic acid groups (broad SMARTS) is 2. The number of halogens is 3. The number of carbonyl (C=O) groups excluding carboxylic acids is 1. The van der Waals surface area contributed by atoms with E-state index in [1.807, 2.05) is 36.4 Å². The van der Waals surface area contributed by atoms with Gasteiger partial charge in [0.15, 0.2) is 5.58 Å². The van der Waals surface area contributed by atoms with Gasteiger partial charge in [-0.2, -0.15) is 13.2 Å². The summed E-state index contributed by atoms with van der Waals surface area (Å²) in [6.45, 7) is 0.598. The van der Waals surface area contributed by atoms with E-state index in [9.17, 15) is 27.9 Å². The molecule has 2 aliphatic rings. The summed E-state index contributed by atoms with van der Waals surface area (Å²) in [7, 11) is 0. The molecule has 0 radical (unpaired) electrons. The van der Waals surface area contributed by atoms with E-state index < -0.39 is 24.0 Å². The number of pyridine rings is 1. The van der Waals surface area contributed by atoms with Crippen LogP contribution in [0.3, 0.4) is 0 Å². The standard InChI is InChI=1S/C31H29F3N2O5S.CH2O2/c32-31(33,34)21-9-7-20(8-10-21)29(37)36(22-11-14-40-15-12-22)24-17-27(42-28(24)30(38)39)19-5-3-18(4-6-19)26-16-23-25(41-26)2-1-13-35-23;2-1-3/h1-6,13,16-17,20-22H,7-12,14-15H2,(H,38,39);1H,(H,2,3). The second-order valence-corrected chi connectivity index (χ2v) is 12.0. The van der Waals surface area contributed by atoms with E-state index in [1.54, 1.807) is 23.2 Å². The molecule has 1 aliphatic heterocycles. The summed E-state index contributed by atoms with van der Waals surface area (Å²) in [5.41, 5.74) is 3.33. The van der Waals surface area contributed by atoms with E-state index in [4.69, 9.17) is 19.1 Å². The highest BCUT2D eigenvalue weighted by Gasteiger charge is 2.44. The molecule has 0 bridgehead atoms. The van der Waals surface area contributed by atoms with Crippen LogP contribution in [0.2, 0.25) is 0 Å². The number of nitrogens with zero attached hydrogens (tertiary/aromatic N) is 2. The molecule has 0 atom stereocenters. The van der Waals surface area contributed by atoms with Crippen LogP contribution in [0, 0.1) is 11.8 Å². The first-order valence-electron chi connectivity index (χ1n) is 14.5. The lowest BCUT2D eigenvalue weighted by molar-refractivity contribution is -0.184. The van der Waals surface area contributed by atoms with Crippen molar-refractivity contribution < 1.29 is 46.9 Å². The molecule has 1 saturated heterocycles. The van der Waals surface area contributed by atoms with Crippen LogP contribution < -0.4 is 4.90 Å². The SMILES string of the molecule is O=C(O)c1sc(-c2ccc(-c3cc4ncccc4o3)cc2)cc1N(C(=O)C1CCC(C(F)(F)F)CC1)C1CCOCC1.O=CO. The van der Waals surface area contributed by atoms with Crippen molar-refractivity contribution in [2.45, 2.75) is 50.7 Å². The van der Waals surface area contributed by atoms with Crippen molar-refractivity contribution >= 4 is 46.5 Å². The van der Waals surface area contributed by atoms with E-state index in [0.29, 0.717) is 48.0 Å². The van der Waals surface area contributed by atoms with Gasteiger partial charge in [0.25, 0.3) is 6.47 Å². The van der Waals surface area contributed by atoms with Crippen molar-refractivity contribution in [1.82, 2.24) is 4.98 Å². The van der Waals surface area contributed by atoms with Crippen molar-refractivity contribution in [3.63, 3.8) is 0 Å². The zero-order valence-electron chi connectivity index (χ0n) is 24.0. The summed E-state index contributed by atoms with van der Waals surface area (Å²) >= 11 is 1.08. The predicted molar refractivity (Wildman–Crippen MR) is 161 cm³/mol. The van der Waals surface area contributed by atoms with Gasteiger partial charge in [0.2, 0.25) is 5.91 Å². The molecule has 13 heteroatoms. The Morgan fingerprint density at radius 1 is 0.978 bits per heavy atom. The molecule has 2 N–H and O–H groups in total. The summed E-state index contributed by atoms with van der Waals surface area (Å²) in [5, 5.41) is 17.0. The Kier molecular flexibility index (Phi) is 9.88. The molecular weight excluding hydrogens is 613 g/mol. The maximum absolute atomic E-state index is 14.0. The van der Waals surface area contributed by atoms with Crippen LogP contribution in [0.5, 0.6) is 0 Å². The van der Waals surface area contributed by atoms with Gasteiger partial charge in [0, 0.05) is 47.9 Å². The number of furan rings is 1. The average Bonchev–Trinajstić information content (AvgIpc) is 3.67. The monoisotopic (exact) mass is 644 g/mol. The lowest BCUT2D eigenvalue weighted by Gasteiger charge is -2.38. The fourth-order valence-electron chi connectivity index (χ4n) is 5.97. The molecule has 1 saturated carbocycles. The Balaban J connectivity index is 0.00000128. The zero-order valence-corrected chi connectivity index (χ0v) is 24.9. The van der Waals surface area contributed by atoms with Crippen molar-refractivity contribution in [3.05, 3.63) is 59.6 Å². The van der Waals surface area contributed by atoms with Crippen LogP contribution in [0.1, 0.15) is 48.2 Å². The van der Waals surface area contributed by atoms with Crippen molar-refractivity contribution in [2.24, 2.45) is 11.8 Å². The van der Waals surface area contributed by atoms with E-state index >= 15 is 0 Å². The number of aromatic carboxylic acids is 1. The van der Waals surface area contributed by atoms with Gasteiger partial charge in [0.1, 0.15) is 16.2 Å². The number of carbonyl (C=O) groups is 3. The number of fused-ring (bicyclic) bond motifs is 1. The molecule has 0 unspecified atom stereocenters. The third-order valence-corrected chi connectivity index (χ3v) is 9.40. The maximum Gasteiger partial charge on any atom is 0.391 e. The number of rotatable bonds is 6. The molecule has 9 nitrogen and oxygen atoms in total. The average molecular weight is 645 g/mol. The van der Waals surface area contributed by atoms with Crippen molar-refractivity contribution in [3.8, 4) is 21.8 Å². The molecule has 4 aromatic rings. The van der Waals surface area contributed by atoms with Gasteiger partial charge in [-0.15, -0.1) is 11.3 Å². The molecule has 3 aromatic heterocycles. The van der Waals surface area contributed by atoms with Gasteiger partial charge in [-0.25, -0.2) is 4.79 Å². The Hall–Kier alpha value is -4.23. The molecule has 4 heterocycles. The van der Waals surface area contributed by atoms with Crippen LogP contribution in [-0.2, 0) is 14.3 Å². The molecule has 1 aromatic carbocycles. The third kappa shape index (κ3) is 7.20. The Morgan fingerprint density at radius 2 is 1.62 bits per heavy atom. The largest absolute Gasteiger partial charge is 0.483 e. The number of hydrogen-bond acceptors (Lipinski definition) is 7. The van der Waals surface area contributed by atoms with E-state index in [0.717, 1.165) is 28.0 Å². The maximum atomic E-state index is 14.0. The number of aromatic nitrogens is 1. The van der Waals surface area contributed by atoms with Crippen molar-refractivity contribution in [1.29, 1.82) is 0 Å². The lowest BCUT2D eigenvalue weighted by Crippen LogP contribution is -2.47. The van der Waals surface area contributed by atoms with Gasteiger partial charge < -0.3 is 24.3 Å². The minimum absolute atomic E-state index is 0.0289. The van der Waals surface area contributed by atoms with Gasteiger partial charge in [-0.3, -0.25) is 14.6 Å². The molecule has 238 valence electrons. The summed E-state index contributed by atoms with van der Waals surface area (Å²) in [4.78, 5) is 41.3. The van der Waals surface area contributed by atoms with Gasteiger partial charge in [0.05, 0.1) is 11.6 Å². The smallest absolute Gasteiger partial charge is 0.391 e. The van der Waals surface area contributed by atoms with E-state index in [1.165, 1.54) is 0 Å². The second-order valence-electron chi connectivity index (χ2n) is 11.0. The van der Waals surface area contributed by atoms with E-state index in [-0.39, 0.29) is 49.0 Å². The number of benzene rings is 1. The van der Waals surface area contributed by atoms with Gasteiger partial charge >= 0.3 is 12.1 Å². The van der Waals surface area contributed by atoms with Crippen LogP contribution in [0.15, 0.2) is 59.1 Å². The highest BCUT2D eigenvalue weighted by atomic mass is 32.1. The Labute approximate surface area is 260 Å². The predicted octanol–water partition coefficient (Wildman–Crippen LogP) is 7.50. The first kappa shape index (κ1) is 32.2. The number of anilines is 1. The summed E-state index contributed by atoms with van der Waals surface area (Å²) in [5.74, 6) is -2.79. The lowest BCUT2D eigenvalue weighted by atomic mass is 9.80. The van der Waals surface area contributed by atoms with Crippen molar-refractivity contribution in [2.75, 3.05) is 18.1 Å². The number of alkyl halides is 3. The number of ether oxygens (including phenoxy) is 1. The molecule has 1 aliphatic carbocycles. The fraction of sp³-hybridized carbons (Fsp3) is 0.375. The highest BCUT2D eigenvalue weighted by molar-refractivity contribution is 7.18. The highest BCUT2D eigenvalue weighted by Crippen LogP contribution is 2.43. The summed E-state index contributed by atoms with van der Waals surface area (Å²) in [6.07, 6.45) is -1.48. The quantitative estimate of drug-likeness (QED) is 0.206. The molecular formula is C32H31F3N2O7S. The van der Waals surface area contributed by atoms with Crippen LogP contribution in [0.4, 0.5) is 18.9 Å². The van der Waals surface area contributed by atoms with E-state index in [2.05, 4.69) is 4.98 Å². The van der Waals surface area contributed by atoms with Crippen LogP contribution >= 0.6 is 11.3 Å². The second kappa shape index (κ2) is 13.8. The minimum Gasteiger partial charge on any atom is -0.483 e. The third-order valence-electron chi connectivity index (χ3n) is 8.24. The first-order chi connectivity index (χ1) is 21.6. The summed E-state index contributed by atoms with van der Waals surface area (Å²) < 4.78 is 51.2. The molecule has 2 fully saturated rings. The van der Waals surface area contributed by atoms with Gasteiger partial charge in [-0.05, 0) is 62.3 Å². The normalized spacial score (nSPS) is 19.0. The Bertz CT molecular complexity index is 1600. The molecule has 1 amide bonds. The van der Waals surface area contributed by atoms with Crippen LogP contribution in [0.25, 0.3) is 32.9 Å². The number of hydrogen-bond donors (Lipinski definition) is 2. The first-order valence-corrected chi connectivity index (χ1v) is 15.3. The number of amides is 1. The topological polar surface area (TPSA) is 130 Å². The summed E-state index contributed by atoms with van der Waals surface area (Å²) in [6, 6.07) is 14.4. The van der Waals surface area contributed by atoms with Gasteiger partial charge in [-0.1, -0.05) is 24.3 Å².